The second kappa shape index (κ2) is 6.60. The Bertz CT molecular complexity index is 248. The van der Waals surface area contributed by atoms with Crippen LogP contribution in [0.15, 0.2) is 0 Å². The standard InChI is InChI=1S/C13H24N2O.ClH/c1-10(2)9-15(12-5-6-12)13(16)8-11-4-3-7-14-11;/h10-12,14H,3-9H2,1-2H3;1H. The van der Waals surface area contributed by atoms with Gasteiger partial charge in [0.2, 0.25) is 5.91 Å². The van der Waals surface area contributed by atoms with Crippen LogP contribution in [0.1, 0.15) is 46.0 Å². The largest absolute Gasteiger partial charge is 0.339 e. The molecule has 0 aromatic carbocycles. The minimum atomic E-state index is 0. The van der Waals surface area contributed by atoms with Crippen molar-refractivity contribution in [1.82, 2.24) is 10.2 Å². The van der Waals surface area contributed by atoms with Crippen LogP contribution in [0.4, 0.5) is 0 Å². The van der Waals surface area contributed by atoms with Crippen molar-refractivity contribution < 1.29 is 4.79 Å². The molecule has 100 valence electrons. The van der Waals surface area contributed by atoms with E-state index in [1.165, 1.54) is 25.7 Å². The SMILES string of the molecule is CC(C)CN(C(=O)CC1CCCN1)C1CC1.Cl. The molecule has 0 aromatic heterocycles. The van der Waals surface area contributed by atoms with Gasteiger partial charge in [-0.25, -0.2) is 0 Å². The lowest BCUT2D eigenvalue weighted by molar-refractivity contribution is -0.132. The van der Waals surface area contributed by atoms with Crippen LogP contribution in [0.2, 0.25) is 0 Å². The average Bonchev–Trinajstić information content (AvgIpc) is 2.94. The van der Waals surface area contributed by atoms with E-state index in [0.29, 0.717) is 30.3 Å². The maximum atomic E-state index is 12.2. The molecule has 0 spiro atoms. The number of halogens is 1. The lowest BCUT2D eigenvalue weighted by Gasteiger charge is -2.25. The van der Waals surface area contributed by atoms with E-state index in [1.807, 2.05) is 0 Å². The molecule has 2 fully saturated rings. The zero-order chi connectivity index (χ0) is 11.5. The summed E-state index contributed by atoms with van der Waals surface area (Å²) in [6, 6.07) is 1.01. The number of rotatable bonds is 5. The predicted octanol–water partition coefficient (Wildman–Crippen LogP) is 2.20. The number of hydrogen-bond donors (Lipinski definition) is 1. The molecule has 1 unspecified atom stereocenters. The summed E-state index contributed by atoms with van der Waals surface area (Å²) in [4.78, 5) is 14.3. The summed E-state index contributed by atoms with van der Waals surface area (Å²) in [6.45, 7) is 6.41. The Morgan fingerprint density at radius 3 is 2.53 bits per heavy atom. The topological polar surface area (TPSA) is 32.3 Å². The van der Waals surface area contributed by atoms with Gasteiger partial charge in [-0.3, -0.25) is 4.79 Å². The quantitative estimate of drug-likeness (QED) is 0.822. The van der Waals surface area contributed by atoms with Gasteiger partial charge in [0.1, 0.15) is 0 Å². The molecule has 17 heavy (non-hydrogen) atoms. The first-order valence-corrected chi connectivity index (χ1v) is 6.69. The van der Waals surface area contributed by atoms with Gasteiger partial charge in [0.05, 0.1) is 0 Å². The van der Waals surface area contributed by atoms with E-state index < -0.39 is 0 Å². The zero-order valence-electron chi connectivity index (χ0n) is 10.9. The molecule has 0 aromatic rings. The van der Waals surface area contributed by atoms with Crippen LogP contribution in [0.25, 0.3) is 0 Å². The van der Waals surface area contributed by atoms with Gasteiger partial charge in [0.15, 0.2) is 0 Å². The van der Waals surface area contributed by atoms with Gasteiger partial charge in [-0.1, -0.05) is 13.8 Å². The third kappa shape index (κ3) is 4.47. The van der Waals surface area contributed by atoms with E-state index in [-0.39, 0.29) is 12.4 Å². The van der Waals surface area contributed by atoms with Crippen molar-refractivity contribution in [2.45, 2.75) is 58.0 Å². The fraction of sp³-hybridized carbons (Fsp3) is 0.923. The van der Waals surface area contributed by atoms with Crippen molar-refractivity contribution in [3.8, 4) is 0 Å². The van der Waals surface area contributed by atoms with Gasteiger partial charge in [0, 0.05) is 25.0 Å². The molecular formula is C13H25ClN2O. The molecule has 1 N–H and O–H groups in total. The van der Waals surface area contributed by atoms with E-state index in [9.17, 15) is 4.79 Å². The van der Waals surface area contributed by atoms with Crippen molar-refractivity contribution in [1.29, 1.82) is 0 Å². The van der Waals surface area contributed by atoms with Crippen LogP contribution in [0, 0.1) is 5.92 Å². The van der Waals surface area contributed by atoms with Gasteiger partial charge < -0.3 is 10.2 Å². The van der Waals surface area contributed by atoms with E-state index in [1.54, 1.807) is 0 Å². The summed E-state index contributed by atoms with van der Waals surface area (Å²) in [6.07, 6.45) is 5.55. The average molecular weight is 261 g/mol. The lowest BCUT2D eigenvalue weighted by Crippen LogP contribution is -2.39. The second-order valence-corrected chi connectivity index (χ2v) is 5.67. The lowest BCUT2D eigenvalue weighted by atomic mass is 10.1. The third-order valence-corrected chi connectivity index (χ3v) is 3.45. The van der Waals surface area contributed by atoms with Crippen LogP contribution in [-0.2, 0) is 4.79 Å². The molecule has 4 heteroatoms. The van der Waals surface area contributed by atoms with Crippen LogP contribution < -0.4 is 5.32 Å². The fourth-order valence-electron chi connectivity index (χ4n) is 2.49. The van der Waals surface area contributed by atoms with Crippen LogP contribution in [0.3, 0.4) is 0 Å². The predicted molar refractivity (Wildman–Crippen MR) is 72.5 cm³/mol. The highest BCUT2D eigenvalue weighted by molar-refractivity contribution is 5.85. The summed E-state index contributed by atoms with van der Waals surface area (Å²) in [5, 5.41) is 3.41. The number of nitrogens with zero attached hydrogens (tertiary/aromatic N) is 1. The van der Waals surface area contributed by atoms with Crippen LogP contribution >= 0.6 is 12.4 Å². The molecule has 1 saturated heterocycles. The van der Waals surface area contributed by atoms with E-state index in [2.05, 4.69) is 24.1 Å². The fourth-order valence-corrected chi connectivity index (χ4v) is 2.49. The smallest absolute Gasteiger partial charge is 0.224 e. The monoisotopic (exact) mass is 260 g/mol. The summed E-state index contributed by atoms with van der Waals surface area (Å²) in [5.41, 5.74) is 0. The van der Waals surface area contributed by atoms with Crippen molar-refractivity contribution >= 4 is 18.3 Å². The number of hydrogen-bond acceptors (Lipinski definition) is 2. The van der Waals surface area contributed by atoms with Gasteiger partial charge in [0.25, 0.3) is 0 Å². The number of carbonyl (C=O) groups excluding carboxylic acids is 1. The Hall–Kier alpha value is -0.280. The Morgan fingerprint density at radius 2 is 2.06 bits per heavy atom. The van der Waals surface area contributed by atoms with Gasteiger partial charge in [-0.15, -0.1) is 12.4 Å². The maximum absolute atomic E-state index is 12.2. The molecular weight excluding hydrogens is 236 g/mol. The molecule has 2 rings (SSSR count). The third-order valence-electron chi connectivity index (χ3n) is 3.45. The van der Waals surface area contributed by atoms with E-state index in [4.69, 9.17) is 0 Å². The summed E-state index contributed by atoms with van der Waals surface area (Å²) in [5.74, 6) is 0.955. The normalized spacial score (nSPS) is 23.6. The van der Waals surface area contributed by atoms with Crippen molar-refractivity contribution in [2.75, 3.05) is 13.1 Å². The van der Waals surface area contributed by atoms with Crippen molar-refractivity contribution in [3.63, 3.8) is 0 Å². The van der Waals surface area contributed by atoms with Gasteiger partial charge in [-0.05, 0) is 38.1 Å². The Kier molecular flexibility index (Phi) is 5.74. The van der Waals surface area contributed by atoms with Gasteiger partial charge >= 0.3 is 0 Å². The highest BCUT2D eigenvalue weighted by atomic mass is 35.5. The number of carbonyl (C=O) groups is 1. The first kappa shape index (κ1) is 14.8. The summed E-state index contributed by atoms with van der Waals surface area (Å²) < 4.78 is 0. The van der Waals surface area contributed by atoms with Crippen molar-refractivity contribution in [2.24, 2.45) is 5.92 Å². The van der Waals surface area contributed by atoms with Crippen molar-refractivity contribution in [3.05, 3.63) is 0 Å². The van der Waals surface area contributed by atoms with Gasteiger partial charge in [-0.2, -0.15) is 0 Å². The molecule has 1 amide bonds. The highest BCUT2D eigenvalue weighted by Gasteiger charge is 2.33. The first-order chi connectivity index (χ1) is 7.66. The Balaban J connectivity index is 0.00000144. The van der Waals surface area contributed by atoms with E-state index >= 15 is 0 Å². The molecule has 1 saturated carbocycles. The Morgan fingerprint density at radius 1 is 1.35 bits per heavy atom. The van der Waals surface area contributed by atoms with Crippen LogP contribution in [0.5, 0.6) is 0 Å². The molecule has 0 bridgehead atoms. The Labute approximate surface area is 111 Å². The summed E-state index contributed by atoms with van der Waals surface area (Å²) >= 11 is 0. The molecule has 1 atom stereocenters. The summed E-state index contributed by atoms with van der Waals surface area (Å²) in [7, 11) is 0. The number of nitrogens with one attached hydrogen (secondary N) is 1. The molecule has 1 heterocycles. The molecule has 1 aliphatic carbocycles. The van der Waals surface area contributed by atoms with E-state index in [0.717, 1.165) is 13.1 Å². The molecule has 0 radical (unpaired) electrons. The second-order valence-electron chi connectivity index (χ2n) is 5.67. The minimum Gasteiger partial charge on any atom is -0.339 e. The maximum Gasteiger partial charge on any atom is 0.224 e. The molecule has 2 aliphatic rings. The first-order valence-electron chi connectivity index (χ1n) is 6.69. The zero-order valence-corrected chi connectivity index (χ0v) is 11.8. The molecule has 3 nitrogen and oxygen atoms in total. The molecule has 1 aliphatic heterocycles. The number of amides is 1. The highest BCUT2D eigenvalue weighted by Crippen LogP contribution is 2.28. The van der Waals surface area contributed by atoms with Crippen LogP contribution in [-0.4, -0.2) is 36.0 Å². The minimum absolute atomic E-state index is 0.